The number of hydrogen-bond donors (Lipinski definition) is 0. The van der Waals surface area contributed by atoms with Crippen molar-refractivity contribution in [2.45, 2.75) is 6.54 Å². The summed E-state index contributed by atoms with van der Waals surface area (Å²) in [5.74, 6) is 0. The van der Waals surface area contributed by atoms with Crippen molar-refractivity contribution in [1.82, 2.24) is 4.90 Å². The second-order valence-electron chi connectivity index (χ2n) is 2.89. The molecule has 0 fully saturated rings. The van der Waals surface area contributed by atoms with Gasteiger partial charge in [0.1, 0.15) is 0 Å². The van der Waals surface area contributed by atoms with E-state index in [2.05, 4.69) is 63.7 Å². The molecule has 1 aromatic rings. The Bertz CT molecular complexity index is 233. The second-order valence-corrected chi connectivity index (χ2v) is 3.74. The minimum atomic E-state index is 1.03. The second kappa shape index (κ2) is 4.05. The molecule has 11 heavy (non-hydrogen) atoms. The van der Waals surface area contributed by atoms with Gasteiger partial charge in [-0.1, -0.05) is 0 Å². The summed E-state index contributed by atoms with van der Waals surface area (Å²) in [6, 6.07) is 8.49. The first-order valence-corrected chi connectivity index (χ1v) is 4.42. The van der Waals surface area contributed by atoms with E-state index in [-0.39, 0.29) is 0 Å². The Kier molecular flexibility index (Phi) is 3.31. The Balaban J connectivity index is 2.78. The molecule has 0 aromatic heterocycles. The first-order chi connectivity index (χ1) is 5.20. The molecule has 0 aliphatic rings. The number of benzene rings is 1. The van der Waals surface area contributed by atoms with Gasteiger partial charge in [0.15, 0.2) is 0 Å². The molecule has 0 saturated carbocycles. The van der Waals surface area contributed by atoms with Gasteiger partial charge in [0.2, 0.25) is 0 Å². The van der Waals surface area contributed by atoms with Crippen LogP contribution in [0.4, 0.5) is 0 Å². The van der Waals surface area contributed by atoms with Crippen molar-refractivity contribution in [2.75, 3.05) is 14.1 Å². The first-order valence-electron chi connectivity index (χ1n) is 3.64. The SMILES string of the molecule is CN(C)Cc1cccc[c]1[Ti]. The molecule has 0 spiro atoms. The van der Waals surface area contributed by atoms with Gasteiger partial charge >= 0.3 is 79.7 Å². The number of nitrogens with zero attached hydrogens (tertiary/aromatic N) is 1. The van der Waals surface area contributed by atoms with Crippen molar-refractivity contribution in [3.05, 3.63) is 29.8 Å². The molecule has 2 heteroatoms. The Labute approximate surface area is 79.8 Å². The van der Waals surface area contributed by atoms with Gasteiger partial charge in [-0.05, 0) is 0 Å². The van der Waals surface area contributed by atoms with E-state index in [1.807, 2.05) is 0 Å². The van der Waals surface area contributed by atoms with Crippen LogP contribution in [0.25, 0.3) is 0 Å². The van der Waals surface area contributed by atoms with E-state index in [1.54, 1.807) is 0 Å². The van der Waals surface area contributed by atoms with E-state index in [1.165, 1.54) is 9.43 Å². The van der Waals surface area contributed by atoms with Crippen molar-refractivity contribution in [3.63, 3.8) is 0 Å². The molecule has 0 bridgehead atoms. The normalized spacial score (nSPS) is 10.4. The zero-order chi connectivity index (χ0) is 8.27. The van der Waals surface area contributed by atoms with Crippen LogP contribution in [0.3, 0.4) is 0 Å². The van der Waals surface area contributed by atoms with Gasteiger partial charge in [0.05, 0.1) is 0 Å². The third-order valence-electron chi connectivity index (χ3n) is 1.50. The monoisotopic (exact) mass is 182 g/mol. The summed E-state index contributed by atoms with van der Waals surface area (Å²) >= 11 is 2.15. The summed E-state index contributed by atoms with van der Waals surface area (Å²) in [5, 5.41) is 0. The van der Waals surface area contributed by atoms with Gasteiger partial charge in [-0.15, -0.1) is 0 Å². The van der Waals surface area contributed by atoms with Crippen LogP contribution < -0.4 is 3.87 Å². The van der Waals surface area contributed by atoms with Crippen LogP contribution in [0.2, 0.25) is 0 Å². The fourth-order valence-electron chi connectivity index (χ4n) is 0.999. The molecule has 1 rings (SSSR count). The summed E-state index contributed by atoms with van der Waals surface area (Å²) in [4.78, 5) is 2.18. The van der Waals surface area contributed by atoms with Crippen molar-refractivity contribution in [3.8, 4) is 0 Å². The molecule has 0 unspecified atom stereocenters. The predicted octanol–water partition coefficient (Wildman–Crippen LogP) is 0.920. The molecular formula is C9H12NTi. The third kappa shape index (κ3) is 2.78. The molecule has 0 heterocycles. The fourth-order valence-corrected chi connectivity index (χ4v) is 1.40. The van der Waals surface area contributed by atoms with Crippen molar-refractivity contribution >= 4 is 3.87 Å². The molecule has 0 N–H and O–H groups in total. The van der Waals surface area contributed by atoms with Gasteiger partial charge in [-0.3, -0.25) is 0 Å². The molecule has 0 aliphatic heterocycles. The van der Waals surface area contributed by atoms with Gasteiger partial charge in [-0.25, -0.2) is 0 Å². The summed E-state index contributed by atoms with van der Waals surface area (Å²) in [7, 11) is 4.18. The molecule has 0 amide bonds. The molecule has 0 radical (unpaired) electrons. The van der Waals surface area contributed by atoms with Crippen LogP contribution in [-0.2, 0) is 27.0 Å². The molecule has 0 atom stereocenters. The Morgan fingerprint density at radius 1 is 1.27 bits per heavy atom. The van der Waals surface area contributed by atoms with E-state index in [0.29, 0.717) is 0 Å². The summed E-state index contributed by atoms with van der Waals surface area (Å²) in [6.45, 7) is 1.03. The van der Waals surface area contributed by atoms with Gasteiger partial charge in [0.25, 0.3) is 0 Å². The molecule has 1 aromatic carbocycles. The minimum absolute atomic E-state index is 1.03. The number of hydrogen-bond acceptors (Lipinski definition) is 1. The zero-order valence-corrected chi connectivity index (χ0v) is 8.53. The van der Waals surface area contributed by atoms with Gasteiger partial charge in [-0.2, -0.15) is 0 Å². The Morgan fingerprint density at radius 2 is 1.91 bits per heavy atom. The topological polar surface area (TPSA) is 3.24 Å². The van der Waals surface area contributed by atoms with Crippen LogP contribution in [0.5, 0.6) is 0 Å². The predicted molar refractivity (Wildman–Crippen MR) is 43.5 cm³/mol. The first kappa shape index (κ1) is 8.99. The average molecular weight is 182 g/mol. The zero-order valence-electron chi connectivity index (χ0n) is 6.96. The quantitative estimate of drug-likeness (QED) is 0.614. The van der Waals surface area contributed by atoms with Gasteiger partial charge < -0.3 is 0 Å². The maximum atomic E-state index is 2.18. The fraction of sp³-hybridized carbons (Fsp3) is 0.333. The van der Waals surface area contributed by atoms with Crippen molar-refractivity contribution < 1.29 is 20.4 Å². The van der Waals surface area contributed by atoms with Crippen LogP contribution in [0.1, 0.15) is 5.56 Å². The number of rotatable bonds is 2. The van der Waals surface area contributed by atoms with Crippen LogP contribution in [0.15, 0.2) is 24.3 Å². The van der Waals surface area contributed by atoms with Crippen molar-refractivity contribution in [2.24, 2.45) is 0 Å². The van der Waals surface area contributed by atoms with E-state index in [0.717, 1.165) is 6.54 Å². The molecule has 0 saturated heterocycles. The molecule has 0 aliphatic carbocycles. The summed E-state index contributed by atoms with van der Waals surface area (Å²) < 4.78 is 1.38. The van der Waals surface area contributed by atoms with E-state index in [9.17, 15) is 0 Å². The van der Waals surface area contributed by atoms with E-state index >= 15 is 0 Å². The average Bonchev–Trinajstić information content (AvgIpc) is 1.93. The Hall–Kier alpha value is -0.106. The van der Waals surface area contributed by atoms with Gasteiger partial charge in [0, 0.05) is 0 Å². The summed E-state index contributed by atoms with van der Waals surface area (Å²) in [5.41, 5.74) is 1.41. The maximum absolute atomic E-state index is 2.18. The molecule has 1 nitrogen and oxygen atoms in total. The van der Waals surface area contributed by atoms with Crippen LogP contribution >= 0.6 is 0 Å². The Morgan fingerprint density at radius 3 is 2.45 bits per heavy atom. The molecular weight excluding hydrogens is 170 g/mol. The standard InChI is InChI=1S/C9H12N.Ti/c1-10(2)8-9-6-4-3-5-7-9;/h3-6H,8H2,1-2H3;. The third-order valence-corrected chi connectivity index (χ3v) is 2.27. The van der Waals surface area contributed by atoms with Crippen LogP contribution in [0, 0.1) is 0 Å². The summed E-state index contributed by atoms with van der Waals surface area (Å²) in [6.07, 6.45) is 0. The molecule has 57 valence electrons. The van der Waals surface area contributed by atoms with E-state index < -0.39 is 0 Å². The van der Waals surface area contributed by atoms with E-state index in [4.69, 9.17) is 0 Å². The van der Waals surface area contributed by atoms with Crippen LogP contribution in [-0.4, -0.2) is 19.0 Å². The van der Waals surface area contributed by atoms with Crippen molar-refractivity contribution in [1.29, 1.82) is 0 Å².